The topological polar surface area (TPSA) is 63.3 Å². The van der Waals surface area contributed by atoms with Crippen molar-refractivity contribution >= 4 is 11.7 Å². The highest BCUT2D eigenvalue weighted by Crippen LogP contribution is 2.22. The van der Waals surface area contributed by atoms with E-state index < -0.39 is 5.97 Å². The van der Waals surface area contributed by atoms with Gasteiger partial charge < -0.3 is 10.8 Å². The normalized spacial score (nSPS) is 10.1. The Kier molecular flexibility index (Phi) is 3.12. The van der Waals surface area contributed by atoms with E-state index in [9.17, 15) is 4.79 Å². The molecule has 0 bridgehead atoms. The number of hydrogen-bond acceptors (Lipinski definition) is 2. The molecular formula is C11H15NO2. The molecule has 0 aromatic heterocycles. The first-order chi connectivity index (χ1) is 6.61. The summed E-state index contributed by atoms with van der Waals surface area (Å²) in [6, 6.07) is 3.75. The second-order valence-electron chi connectivity index (χ2n) is 3.18. The molecule has 0 amide bonds. The van der Waals surface area contributed by atoms with E-state index in [2.05, 4.69) is 0 Å². The first kappa shape index (κ1) is 10.6. The van der Waals surface area contributed by atoms with Gasteiger partial charge in [0.1, 0.15) is 0 Å². The summed E-state index contributed by atoms with van der Waals surface area (Å²) in [7, 11) is 0. The fraction of sp³-hybridized carbons (Fsp3) is 0.364. The van der Waals surface area contributed by atoms with Crippen LogP contribution in [-0.2, 0) is 12.8 Å². The third-order valence-electron chi connectivity index (χ3n) is 2.40. The van der Waals surface area contributed by atoms with Gasteiger partial charge in [0, 0.05) is 5.69 Å². The zero-order chi connectivity index (χ0) is 10.7. The highest BCUT2D eigenvalue weighted by atomic mass is 16.4. The van der Waals surface area contributed by atoms with Crippen molar-refractivity contribution < 1.29 is 9.90 Å². The lowest BCUT2D eigenvalue weighted by molar-refractivity contribution is 0.0697. The number of aryl methyl sites for hydroxylation is 2. The van der Waals surface area contributed by atoms with E-state index in [1.54, 1.807) is 0 Å². The predicted molar refractivity (Wildman–Crippen MR) is 56.6 cm³/mol. The molecule has 0 atom stereocenters. The number of anilines is 1. The van der Waals surface area contributed by atoms with E-state index in [1.165, 1.54) is 0 Å². The Balaban J connectivity index is 3.39. The summed E-state index contributed by atoms with van der Waals surface area (Å²) in [6.45, 7) is 3.88. The van der Waals surface area contributed by atoms with Crippen LogP contribution in [0.25, 0.3) is 0 Å². The van der Waals surface area contributed by atoms with Crippen molar-refractivity contribution in [1.82, 2.24) is 0 Å². The molecule has 1 rings (SSSR count). The van der Waals surface area contributed by atoms with Gasteiger partial charge in [0.25, 0.3) is 0 Å². The molecule has 0 saturated carbocycles. The van der Waals surface area contributed by atoms with Crippen LogP contribution in [0.4, 0.5) is 5.69 Å². The van der Waals surface area contributed by atoms with Crippen LogP contribution < -0.4 is 5.73 Å². The monoisotopic (exact) mass is 193 g/mol. The lowest BCUT2D eigenvalue weighted by Crippen LogP contribution is -2.09. The van der Waals surface area contributed by atoms with E-state index in [0.29, 0.717) is 12.1 Å². The summed E-state index contributed by atoms with van der Waals surface area (Å²) in [6.07, 6.45) is 1.45. The summed E-state index contributed by atoms with van der Waals surface area (Å²) in [4.78, 5) is 11.0. The van der Waals surface area contributed by atoms with Crippen LogP contribution in [0.1, 0.15) is 35.3 Å². The molecule has 0 aliphatic carbocycles. The molecule has 0 aliphatic heterocycles. The van der Waals surface area contributed by atoms with Crippen molar-refractivity contribution in [3.05, 3.63) is 28.8 Å². The van der Waals surface area contributed by atoms with Gasteiger partial charge in [-0.1, -0.05) is 26.0 Å². The fourth-order valence-corrected chi connectivity index (χ4v) is 1.56. The molecule has 0 saturated heterocycles. The molecule has 1 aromatic carbocycles. The number of hydrogen-bond donors (Lipinski definition) is 2. The zero-order valence-corrected chi connectivity index (χ0v) is 8.50. The first-order valence-electron chi connectivity index (χ1n) is 4.75. The van der Waals surface area contributed by atoms with Crippen LogP contribution in [0.3, 0.4) is 0 Å². The summed E-state index contributed by atoms with van der Waals surface area (Å²) < 4.78 is 0. The molecule has 0 fully saturated rings. The van der Waals surface area contributed by atoms with Gasteiger partial charge in [0.05, 0.1) is 5.56 Å². The second-order valence-corrected chi connectivity index (χ2v) is 3.18. The molecule has 3 N–H and O–H groups in total. The summed E-state index contributed by atoms with van der Waals surface area (Å²) in [5.74, 6) is -0.936. The Morgan fingerprint density at radius 1 is 1.29 bits per heavy atom. The molecule has 1 aromatic rings. The van der Waals surface area contributed by atoms with Crippen LogP contribution in [0.2, 0.25) is 0 Å². The van der Waals surface area contributed by atoms with Gasteiger partial charge in [0.2, 0.25) is 0 Å². The molecule has 3 nitrogen and oxygen atoms in total. The zero-order valence-electron chi connectivity index (χ0n) is 8.50. The largest absolute Gasteiger partial charge is 0.478 e. The maximum absolute atomic E-state index is 11.0. The average Bonchev–Trinajstić information content (AvgIpc) is 2.16. The van der Waals surface area contributed by atoms with E-state index >= 15 is 0 Å². The Morgan fingerprint density at radius 3 is 2.21 bits per heavy atom. The van der Waals surface area contributed by atoms with E-state index in [1.807, 2.05) is 26.0 Å². The summed E-state index contributed by atoms with van der Waals surface area (Å²) in [5, 5.41) is 9.02. The van der Waals surface area contributed by atoms with Crippen molar-refractivity contribution in [3.8, 4) is 0 Å². The number of carboxylic acids is 1. The molecule has 0 aliphatic rings. The molecular weight excluding hydrogens is 178 g/mol. The Morgan fingerprint density at radius 2 is 1.79 bits per heavy atom. The van der Waals surface area contributed by atoms with Crippen LogP contribution in [0, 0.1) is 0 Å². The minimum Gasteiger partial charge on any atom is -0.478 e. The van der Waals surface area contributed by atoms with E-state index in [4.69, 9.17) is 10.8 Å². The van der Waals surface area contributed by atoms with Crippen molar-refractivity contribution in [2.45, 2.75) is 26.7 Å². The minimum atomic E-state index is -0.936. The highest BCUT2D eigenvalue weighted by molar-refractivity contribution is 5.96. The quantitative estimate of drug-likeness (QED) is 0.722. The van der Waals surface area contributed by atoms with E-state index in [0.717, 1.165) is 17.5 Å². The summed E-state index contributed by atoms with van der Waals surface area (Å²) in [5.41, 5.74) is 8.18. The number of carbonyl (C=O) groups is 1. The lowest BCUT2D eigenvalue weighted by Gasteiger charge is -2.10. The number of nitrogen functional groups attached to an aromatic ring is 1. The number of nitrogens with two attached hydrogens (primary N) is 1. The third-order valence-corrected chi connectivity index (χ3v) is 2.40. The molecule has 0 heterocycles. The van der Waals surface area contributed by atoms with Gasteiger partial charge in [-0.15, -0.1) is 0 Å². The van der Waals surface area contributed by atoms with Gasteiger partial charge in [-0.05, 0) is 24.0 Å². The van der Waals surface area contributed by atoms with Gasteiger partial charge in [-0.25, -0.2) is 4.79 Å². The molecule has 76 valence electrons. The SMILES string of the molecule is CCc1ccc(CC)c(C(=O)O)c1N. The van der Waals surface area contributed by atoms with Gasteiger partial charge in [0.15, 0.2) is 0 Å². The Hall–Kier alpha value is -1.51. The van der Waals surface area contributed by atoms with Crippen LogP contribution in [0.15, 0.2) is 12.1 Å². The number of rotatable bonds is 3. The highest BCUT2D eigenvalue weighted by Gasteiger charge is 2.14. The maximum atomic E-state index is 11.0. The van der Waals surface area contributed by atoms with Gasteiger partial charge >= 0.3 is 5.97 Å². The van der Waals surface area contributed by atoms with Crippen molar-refractivity contribution in [3.63, 3.8) is 0 Å². The Labute approximate surface area is 83.6 Å². The predicted octanol–water partition coefficient (Wildman–Crippen LogP) is 2.09. The first-order valence-corrected chi connectivity index (χ1v) is 4.75. The van der Waals surface area contributed by atoms with Crippen molar-refractivity contribution in [2.75, 3.05) is 5.73 Å². The summed E-state index contributed by atoms with van der Waals surface area (Å²) >= 11 is 0. The second kappa shape index (κ2) is 4.13. The molecule has 0 radical (unpaired) electrons. The Bertz CT molecular complexity index is 359. The fourth-order valence-electron chi connectivity index (χ4n) is 1.56. The minimum absolute atomic E-state index is 0.270. The van der Waals surface area contributed by atoms with E-state index in [-0.39, 0.29) is 5.56 Å². The number of benzene rings is 1. The molecule has 3 heteroatoms. The van der Waals surface area contributed by atoms with Crippen molar-refractivity contribution in [1.29, 1.82) is 0 Å². The maximum Gasteiger partial charge on any atom is 0.338 e. The van der Waals surface area contributed by atoms with Gasteiger partial charge in [-0.2, -0.15) is 0 Å². The van der Waals surface area contributed by atoms with Crippen molar-refractivity contribution in [2.24, 2.45) is 0 Å². The van der Waals surface area contributed by atoms with Crippen LogP contribution in [0.5, 0.6) is 0 Å². The molecule has 0 unspecified atom stereocenters. The van der Waals surface area contributed by atoms with Crippen LogP contribution in [-0.4, -0.2) is 11.1 Å². The number of aromatic carboxylic acids is 1. The lowest BCUT2D eigenvalue weighted by atomic mass is 9.98. The molecule has 14 heavy (non-hydrogen) atoms. The smallest absolute Gasteiger partial charge is 0.338 e. The average molecular weight is 193 g/mol. The van der Waals surface area contributed by atoms with Gasteiger partial charge in [-0.3, -0.25) is 0 Å². The van der Waals surface area contributed by atoms with Crippen LogP contribution >= 0.6 is 0 Å². The molecule has 0 spiro atoms. The standard InChI is InChI=1S/C11H15NO2/c1-3-7-5-6-8(4-2)10(12)9(7)11(13)14/h5-6H,3-4,12H2,1-2H3,(H,13,14). The third kappa shape index (κ3) is 1.71. The number of carboxylic acid groups (broad SMARTS) is 1.